The Hall–Kier alpha value is -3.10. The molecule has 0 bridgehead atoms. The van der Waals surface area contributed by atoms with E-state index in [1.165, 1.54) is 23.1 Å². The SMILES string of the molecule is CN(C)C(=O)c1cc(COC(=O)N2C[C@H]3CC(Oc4ccc(F)cc4)C[C@H]3C2)on1. The number of aromatic nitrogens is 1. The summed E-state index contributed by atoms with van der Waals surface area (Å²) in [6, 6.07) is 7.52. The third kappa shape index (κ3) is 4.39. The molecule has 2 amide bonds. The smallest absolute Gasteiger partial charge is 0.410 e. The Kier molecular flexibility index (Phi) is 5.61. The Morgan fingerprint density at radius 3 is 2.50 bits per heavy atom. The number of benzene rings is 1. The van der Waals surface area contributed by atoms with Crippen LogP contribution in [0.3, 0.4) is 0 Å². The van der Waals surface area contributed by atoms with E-state index in [2.05, 4.69) is 5.16 Å². The van der Waals surface area contributed by atoms with Crippen molar-refractivity contribution in [3.8, 4) is 5.75 Å². The lowest BCUT2D eigenvalue weighted by atomic mass is 10.0. The van der Waals surface area contributed by atoms with Gasteiger partial charge in [0.1, 0.15) is 11.6 Å². The highest BCUT2D eigenvalue weighted by Crippen LogP contribution is 2.40. The largest absolute Gasteiger partial charge is 0.490 e. The van der Waals surface area contributed by atoms with Crippen LogP contribution in [-0.2, 0) is 11.3 Å². The van der Waals surface area contributed by atoms with E-state index in [1.54, 1.807) is 31.1 Å². The second-order valence-corrected chi connectivity index (χ2v) is 8.02. The highest BCUT2D eigenvalue weighted by Gasteiger charge is 2.43. The van der Waals surface area contributed by atoms with E-state index < -0.39 is 6.09 Å². The van der Waals surface area contributed by atoms with Crippen molar-refractivity contribution in [3.05, 3.63) is 47.6 Å². The van der Waals surface area contributed by atoms with Crippen LogP contribution in [0.4, 0.5) is 9.18 Å². The number of nitrogens with zero attached hydrogens (tertiary/aromatic N) is 3. The standard InChI is InChI=1S/C21H24FN3O5/c1-24(2)20(26)19-9-18(30-23-19)12-28-21(27)25-10-13-7-17(8-14(13)11-25)29-16-5-3-15(22)4-6-16/h3-6,9,13-14,17H,7-8,10-12H2,1-2H3/t13-,14+,17?. The molecule has 9 heteroatoms. The summed E-state index contributed by atoms with van der Waals surface area (Å²) < 4.78 is 29.4. The van der Waals surface area contributed by atoms with Gasteiger partial charge in [-0.3, -0.25) is 4.79 Å². The second kappa shape index (κ2) is 8.33. The second-order valence-electron chi connectivity index (χ2n) is 8.02. The number of carbonyl (C=O) groups is 2. The lowest BCUT2D eigenvalue weighted by molar-refractivity contribution is 0.0813. The van der Waals surface area contributed by atoms with Gasteiger partial charge in [-0.25, -0.2) is 9.18 Å². The van der Waals surface area contributed by atoms with Crippen LogP contribution >= 0.6 is 0 Å². The molecule has 2 heterocycles. The maximum absolute atomic E-state index is 13.0. The topological polar surface area (TPSA) is 85.1 Å². The fraction of sp³-hybridized carbons (Fsp3) is 0.476. The summed E-state index contributed by atoms with van der Waals surface area (Å²) in [6.45, 7) is 1.16. The van der Waals surface area contributed by atoms with Crippen LogP contribution in [0, 0.1) is 17.7 Å². The predicted molar refractivity (Wildman–Crippen MR) is 103 cm³/mol. The maximum Gasteiger partial charge on any atom is 0.410 e. The summed E-state index contributed by atoms with van der Waals surface area (Å²) in [5, 5.41) is 3.70. The first-order chi connectivity index (χ1) is 14.4. The molecular weight excluding hydrogens is 393 g/mol. The molecule has 1 aromatic carbocycles. The average Bonchev–Trinajstić information content (AvgIpc) is 3.42. The molecule has 30 heavy (non-hydrogen) atoms. The molecule has 2 fully saturated rings. The third-order valence-corrected chi connectivity index (χ3v) is 5.60. The van der Waals surface area contributed by atoms with Crippen LogP contribution in [0.25, 0.3) is 0 Å². The molecule has 1 saturated heterocycles. The zero-order valence-corrected chi connectivity index (χ0v) is 16.9. The normalized spacial score (nSPS) is 22.6. The quantitative estimate of drug-likeness (QED) is 0.744. The van der Waals surface area contributed by atoms with Crippen LogP contribution in [0.15, 0.2) is 34.9 Å². The van der Waals surface area contributed by atoms with Gasteiger partial charge in [0.05, 0.1) is 6.10 Å². The summed E-state index contributed by atoms with van der Waals surface area (Å²) in [5.41, 5.74) is 0.175. The Labute approximate surface area is 173 Å². The molecule has 0 radical (unpaired) electrons. The van der Waals surface area contributed by atoms with Gasteiger partial charge in [-0.15, -0.1) is 0 Å². The number of carbonyl (C=O) groups excluding carboxylic acids is 2. The van der Waals surface area contributed by atoms with Crippen LogP contribution in [0.5, 0.6) is 5.75 Å². The molecular formula is C21H24FN3O5. The van der Waals surface area contributed by atoms with Gasteiger partial charge in [0.2, 0.25) is 0 Å². The number of hydrogen-bond donors (Lipinski definition) is 0. The first kappa shape index (κ1) is 20.2. The molecule has 3 atom stereocenters. The van der Waals surface area contributed by atoms with Crippen molar-refractivity contribution in [1.82, 2.24) is 15.0 Å². The lowest BCUT2D eigenvalue weighted by Gasteiger charge is -2.19. The van der Waals surface area contributed by atoms with Gasteiger partial charge in [0.15, 0.2) is 18.1 Å². The Bertz CT molecular complexity index is 900. The summed E-state index contributed by atoms with van der Waals surface area (Å²) in [7, 11) is 3.24. The minimum atomic E-state index is -0.405. The Balaban J connectivity index is 1.23. The number of ether oxygens (including phenoxy) is 2. The minimum absolute atomic E-state index is 0.0745. The zero-order chi connectivity index (χ0) is 21.3. The van der Waals surface area contributed by atoms with Crippen LogP contribution in [-0.4, -0.2) is 60.2 Å². The fourth-order valence-corrected chi connectivity index (χ4v) is 4.13. The zero-order valence-electron chi connectivity index (χ0n) is 16.9. The molecule has 1 saturated carbocycles. The van der Waals surface area contributed by atoms with Crippen molar-refractivity contribution < 1.29 is 28.0 Å². The molecule has 4 rings (SSSR count). The molecule has 1 unspecified atom stereocenters. The average molecular weight is 417 g/mol. The van der Waals surface area contributed by atoms with Crippen LogP contribution < -0.4 is 4.74 Å². The van der Waals surface area contributed by atoms with E-state index in [9.17, 15) is 14.0 Å². The molecule has 1 aliphatic carbocycles. The van der Waals surface area contributed by atoms with Gasteiger partial charge >= 0.3 is 6.09 Å². The molecule has 160 valence electrons. The van der Waals surface area contributed by atoms with Crippen molar-refractivity contribution in [2.24, 2.45) is 11.8 Å². The Morgan fingerprint density at radius 2 is 1.87 bits per heavy atom. The van der Waals surface area contributed by atoms with E-state index in [-0.39, 0.29) is 30.1 Å². The summed E-state index contributed by atoms with van der Waals surface area (Å²) in [6.07, 6.45) is 1.37. The van der Waals surface area contributed by atoms with Crippen LogP contribution in [0.1, 0.15) is 29.1 Å². The highest BCUT2D eigenvalue weighted by molar-refractivity contribution is 5.91. The van der Waals surface area contributed by atoms with Crippen molar-refractivity contribution in [2.75, 3.05) is 27.2 Å². The lowest BCUT2D eigenvalue weighted by Crippen LogP contribution is -2.31. The van der Waals surface area contributed by atoms with Gasteiger partial charge in [0.25, 0.3) is 5.91 Å². The number of likely N-dealkylation sites (tertiary alicyclic amines) is 1. The summed E-state index contributed by atoms with van der Waals surface area (Å²) in [5.74, 6) is 1.14. The number of halogens is 1. The van der Waals surface area contributed by atoms with Crippen molar-refractivity contribution >= 4 is 12.0 Å². The highest BCUT2D eigenvalue weighted by atomic mass is 19.1. The van der Waals surface area contributed by atoms with Gasteiger partial charge in [0, 0.05) is 33.3 Å². The van der Waals surface area contributed by atoms with Crippen molar-refractivity contribution in [1.29, 1.82) is 0 Å². The van der Waals surface area contributed by atoms with Gasteiger partial charge in [-0.05, 0) is 48.9 Å². The van der Waals surface area contributed by atoms with E-state index in [1.807, 2.05) is 0 Å². The molecule has 1 aromatic heterocycles. The maximum atomic E-state index is 13.0. The van der Waals surface area contributed by atoms with Crippen molar-refractivity contribution in [3.63, 3.8) is 0 Å². The fourth-order valence-electron chi connectivity index (χ4n) is 4.13. The van der Waals surface area contributed by atoms with Crippen LogP contribution in [0.2, 0.25) is 0 Å². The van der Waals surface area contributed by atoms with E-state index >= 15 is 0 Å². The first-order valence-electron chi connectivity index (χ1n) is 9.90. The summed E-state index contributed by atoms with van der Waals surface area (Å²) in [4.78, 5) is 27.3. The minimum Gasteiger partial charge on any atom is -0.490 e. The van der Waals surface area contributed by atoms with E-state index in [0.717, 1.165) is 12.8 Å². The number of fused-ring (bicyclic) bond motifs is 1. The third-order valence-electron chi connectivity index (χ3n) is 5.60. The van der Waals surface area contributed by atoms with Crippen molar-refractivity contribution in [2.45, 2.75) is 25.6 Å². The van der Waals surface area contributed by atoms with Gasteiger partial charge < -0.3 is 23.8 Å². The molecule has 0 spiro atoms. The molecule has 1 aliphatic heterocycles. The molecule has 8 nitrogen and oxygen atoms in total. The van der Waals surface area contributed by atoms with E-state index in [4.69, 9.17) is 14.0 Å². The predicted octanol–water partition coefficient (Wildman–Crippen LogP) is 2.94. The van der Waals surface area contributed by atoms with Gasteiger partial charge in [-0.1, -0.05) is 5.16 Å². The number of hydrogen-bond acceptors (Lipinski definition) is 6. The summed E-state index contributed by atoms with van der Waals surface area (Å²) >= 11 is 0. The monoisotopic (exact) mass is 417 g/mol. The Morgan fingerprint density at radius 1 is 1.20 bits per heavy atom. The number of rotatable bonds is 5. The molecule has 0 N–H and O–H groups in total. The molecule has 2 aliphatic rings. The first-order valence-corrected chi connectivity index (χ1v) is 9.90. The number of amides is 2. The van der Waals surface area contributed by atoms with E-state index in [0.29, 0.717) is 36.4 Å². The molecule has 2 aromatic rings. The van der Waals surface area contributed by atoms with Gasteiger partial charge in [-0.2, -0.15) is 0 Å².